The summed E-state index contributed by atoms with van der Waals surface area (Å²) in [6, 6.07) is 9.88. The van der Waals surface area contributed by atoms with Crippen LogP contribution in [0, 0.1) is 5.92 Å². The van der Waals surface area contributed by atoms with Crippen molar-refractivity contribution in [3.63, 3.8) is 0 Å². The van der Waals surface area contributed by atoms with Gasteiger partial charge in [-0.1, -0.05) is 43.2 Å². The van der Waals surface area contributed by atoms with E-state index in [1.54, 1.807) is 0 Å². The van der Waals surface area contributed by atoms with Gasteiger partial charge in [0, 0.05) is 32.1 Å². The van der Waals surface area contributed by atoms with Gasteiger partial charge in [-0.05, 0) is 24.8 Å². The molecular formula is C19H27N3O2. The van der Waals surface area contributed by atoms with Gasteiger partial charge in [-0.15, -0.1) is 0 Å². The Hall–Kier alpha value is -1.88. The molecule has 24 heavy (non-hydrogen) atoms. The van der Waals surface area contributed by atoms with E-state index in [1.165, 1.54) is 5.56 Å². The predicted octanol–water partition coefficient (Wildman–Crippen LogP) is 1.42. The lowest BCUT2D eigenvalue weighted by molar-refractivity contribution is -0.140. The predicted molar refractivity (Wildman–Crippen MR) is 93.2 cm³/mol. The Morgan fingerprint density at radius 2 is 1.79 bits per heavy atom. The van der Waals surface area contributed by atoms with Crippen molar-refractivity contribution in [3.8, 4) is 0 Å². The van der Waals surface area contributed by atoms with Crippen LogP contribution in [0.15, 0.2) is 30.3 Å². The lowest BCUT2D eigenvalue weighted by atomic mass is 10.0. The fourth-order valence-corrected chi connectivity index (χ4v) is 3.91. The first kappa shape index (κ1) is 17.0. The molecule has 130 valence electrons. The molecule has 2 amide bonds. The molecular weight excluding hydrogens is 302 g/mol. The average Bonchev–Trinajstić information content (AvgIpc) is 3.14. The lowest BCUT2D eigenvalue weighted by Crippen LogP contribution is -2.60. The molecule has 1 saturated heterocycles. The Bertz CT molecular complexity index is 569. The third kappa shape index (κ3) is 3.96. The van der Waals surface area contributed by atoms with E-state index in [1.807, 2.05) is 23.1 Å². The maximum atomic E-state index is 12.6. The van der Waals surface area contributed by atoms with Crippen LogP contribution in [0.25, 0.3) is 0 Å². The molecule has 2 fully saturated rings. The Morgan fingerprint density at radius 1 is 1.08 bits per heavy atom. The number of primary amides is 1. The minimum atomic E-state index is -0.368. The van der Waals surface area contributed by atoms with Crippen LogP contribution in [-0.4, -0.2) is 53.8 Å². The zero-order chi connectivity index (χ0) is 16.9. The van der Waals surface area contributed by atoms with Crippen molar-refractivity contribution in [3.05, 3.63) is 35.9 Å². The maximum Gasteiger partial charge on any atom is 0.236 e. The van der Waals surface area contributed by atoms with Crippen molar-refractivity contribution in [2.75, 3.05) is 26.2 Å². The highest BCUT2D eigenvalue weighted by atomic mass is 16.2. The second-order valence-corrected chi connectivity index (χ2v) is 6.96. The Balaban J connectivity index is 1.59. The van der Waals surface area contributed by atoms with Crippen LogP contribution in [0.2, 0.25) is 0 Å². The molecule has 2 N–H and O–H groups in total. The van der Waals surface area contributed by atoms with Crippen molar-refractivity contribution < 1.29 is 9.59 Å². The van der Waals surface area contributed by atoms with Crippen molar-refractivity contribution in [2.24, 2.45) is 11.7 Å². The lowest BCUT2D eigenvalue weighted by Gasteiger charge is -2.40. The van der Waals surface area contributed by atoms with E-state index in [4.69, 9.17) is 5.73 Å². The number of rotatable bonds is 5. The molecule has 1 aliphatic carbocycles. The van der Waals surface area contributed by atoms with Gasteiger partial charge in [0.2, 0.25) is 11.8 Å². The van der Waals surface area contributed by atoms with E-state index in [0.717, 1.165) is 45.2 Å². The van der Waals surface area contributed by atoms with Crippen LogP contribution in [0.3, 0.4) is 0 Å². The number of amides is 2. The van der Waals surface area contributed by atoms with Crippen LogP contribution in [0.4, 0.5) is 0 Å². The quantitative estimate of drug-likeness (QED) is 0.888. The fraction of sp³-hybridized carbons (Fsp3) is 0.579. The van der Waals surface area contributed by atoms with Crippen LogP contribution >= 0.6 is 0 Å². The molecule has 3 rings (SSSR count). The second kappa shape index (κ2) is 7.79. The molecule has 1 saturated carbocycles. The van der Waals surface area contributed by atoms with Crippen LogP contribution in [0.5, 0.6) is 0 Å². The number of hydrogen-bond acceptors (Lipinski definition) is 3. The highest BCUT2D eigenvalue weighted by molar-refractivity contribution is 5.83. The molecule has 1 unspecified atom stereocenters. The summed E-state index contributed by atoms with van der Waals surface area (Å²) in [7, 11) is 0. The molecule has 0 radical (unpaired) electrons. The fourth-order valence-electron chi connectivity index (χ4n) is 3.91. The molecule has 2 aliphatic rings. The van der Waals surface area contributed by atoms with Crippen molar-refractivity contribution in [1.82, 2.24) is 9.80 Å². The third-order valence-electron chi connectivity index (χ3n) is 5.37. The molecule has 1 aliphatic heterocycles. The first-order valence-electron chi connectivity index (χ1n) is 9.01. The van der Waals surface area contributed by atoms with E-state index >= 15 is 0 Å². The number of benzene rings is 1. The second-order valence-electron chi connectivity index (χ2n) is 6.96. The largest absolute Gasteiger partial charge is 0.368 e. The topological polar surface area (TPSA) is 66.6 Å². The molecule has 1 heterocycles. The zero-order valence-electron chi connectivity index (χ0n) is 14.2. The maximum absolute atomic E-state index is 12.6. The number of nitrogens with zero attached hydrogens (tertiary/aromatic N) is 2. The van der Waals surface area contributed by atoms with E-state index in [0.29, 0.717) is 13.1 Å². The van der Waals surface area contributed by atoms with Gasteiger partial charge in [-0.2, -0.15) is 0 Å². The Labute approximate surface area is 143 Å². The Kier molecular flexibility index (Phi) is 5.51. The first-order chi connectivity index (χ1) is 11.6. The van der Waals surface area contributed by atoms with Crippen LogP contribution in [0.1, 0.15) is 31.2 Å². The van der Waals surface area contributed by atoms with E-state index in [9.17, 15) is 9.59 Å². The zero-order valence-corrected chi connectivity index (χ0v) is 14.2. The van der Waals surface area contributed by atoms with Crippen molar-refractivity contribution in [1.29, 1.82) is 0 Å². The highest BCUT2D eigenvalue weighted by Gasteiger charge is 2.35. The third-order valence-corrected chi connectivity index (χ3v) is 5.37. The van der Waals surface area contributed by atoms with Gasteiger partial charge in [-0.3, -0.25) is 14.5 Å². The number of nitrogens with two attached hydrogens (primary N) is 1. The van der Waals surface area contributed by atoms with Crippen molar-refractivity contribution in [2.45, 2.75) is 38.1 Å². The normalized spacial score (nSPS) is 22.7. The molecule has 1 atom stereocenters. The monoisotopic (exact) mass is 329 g/mol. The van der Waals surface area contributed by atoms with Crippen LogP contribution < -0.4 is 5.73 Å². The van der Waals surface area contributed by atoms with Gasteiger partial charge in [0.05, 0.1) is 0 Å². The molecule has 1 aromatic carbocycles. The van der Waals surface area contributed by atoms with Gasteiger partial charge in [-0.25, -0.2) is 0 Å². The summed E-state index contributed by atoms with van der Waals surface area (Å²) in [5, 5.41) is 0. The molecule has 1 aromatic rings. The SMILES string of the molecule is NC(=O)C1CN(C(=O)C2CCCC2)CCN1CCc1ccccc1. The summed E-state index contributed by atoms with van der Waals surface area (Å²) in [6.45, 7) is 2.66. The Morgan fingerprint density at radius 3 is 2.46 bits per heavy atom. The standard InChI is InChI=1S/C19H27N3O2/c20-18(23)17-14-22(19(24)16-8-4-5-9-16)13-12-21(17)11-10-15-6-2-1-3-7-15/h1-3,6-7,16-17H,4-5,8-14H2,(H2,20,23). The summed E-state index contributed by atoms with van der Waals surface area (Å²) in [4.78, 5) is 28.5. The number of carbonyl (C=O) groups excluding carboxylic acids is 2. The molecule has 0 aromatic heterocycles. The highest BCUT2D eigenvalue weighted by Crippen LogP contribution is 2.27. The summed E-state index contributed by atoms with van der Waals surface area (Å²) in [5.74, 6) is 0.0582. The summed E-state index contributed by atoms with van der Waals surface area (Å²) in [5.41, 5.74) is 6.88. The number of piperazine rings is 1. The number of carbonyl (C=O) groups is 2. The van der Waals surface area contributed by atoms with Gasteiger partial charge in [0.25, 0.3) is 0 Å². The van der Waals surface area contributed by atoms with Crippen LogP contribution in [-0.2, 0) is 16.0 Å². The van der Waals surface area contributed by atoms with Gasteiger partial charge < -0.3 is 10.6 Å². The van der Waals surface area contributed by atoms with Gasteiger partial charge >= 0.3 is 0 Å². The smallest absolute Gasteiger partial charge is 0.236 e. The number of hydrogen-bond donors (Lipinski definition) is 1. The van der Waals surface area contributed by atoms with E-state index in [-0.39, 0.29) is 23.8 Å². The summed E-state index contributed by atoms with van der Waals surface area (Å²) < 4.78 is 0. The van der Waals surface area contributed by atoms with E-state index < -0.39 is 0 Å². The minimum absolute atomic E-state index is 0.161. The molecule has 0 bridgehead atoms. The molecule has 0 spiro atoms. The van der Waals surface area contributed by atoms with Gasteiger partial charge in [0.15, 0.2) is 0 Å². The minimum Gasteiger partial charge on any atom is -0.368 e. The molecule has 5 heteroatoms. The molecule has 5 nitrogen and oxygen atoms in total. The van der Waals surface area contributed by atoms with E-state index in [2.05, 4.69) is 17.0 Å². The summed E-state index contributed by atoms with van der Waals surface area (Å²) in [6.07, 6.45) is 5.17. The van der Waals surface area contributed by atoms with Crippen molar-refractivity contribution >= 4 is 11.8 Å². The first-order valence-corrected chi connectivity index (χ1v) is 9.01. The summed E-state index contributed by atoms with van der Waals surface area (Å²) >= 11 is 0. The van der Waals surface area contributed by atoms with Gasteiger partial charge in [0.1, 0.15) is 6.04 Å². The average molecular weight is 329 g/mol.